The Kier molecular flexibility index (Phi) is 5.98. The smallest absolute Gasteiger partial charge is 0.252 e. The Bertz CT molecular complexity index is 978. The summed E-state index contributed by atoms with van der Waals surface area (Å²) in [5, 5.41) is 6.79. The van der Waals surface area contributed by atoms with Crippen LogP contribution in [0.25, 0.3) is 0 Å². The predicted octanol–water partition coefficient (Wildman–Crippen LogP) is 0.393. The number of nitrogens with zero attached hydrogens (tertiary/aromatic N) is 2. The molecule has 0 saturated heterocycles. The Morgan fingerprint density at radius 3 is 2.63 bits per heavy atom. The molecule has 1 amide bonds. The van der Waals surface area contributed by atoms with Gasteiger partial charge in [-0.25, -0.2) is 13.1 Å². The van der Waals surface area contributed by atoms with Crippen LogP contribution < -0.4 is 21.2 Å². The summed E-state index contributed by atoms with van der Waals surface area (Å²) in [6, 6.07) is 6.63. The molecule has 0 bridgehead atoms. The Morgan fingerprint density at radius 2 is 1.90 bits per heavy atom. The molecule has 5 N–H and O–H groups in total. The van der Waals surface area contributed by atoms with Crippen molar-refractivity contribution >= 4 is 28.4 Å². The normalized spacial score (nSPS) is 27.8. The third-order valence-electron chi connectivity index (χ3n) is 5.61. The van der Waals surface area contributed by atoms with Crippen LogP contribution in [-0.2, 0) is 21.4 Å². The third-order valence-corrected chi connectivity index (χ3v) is 7.14. The molecule has 3 aliphatic rings. The molecule has 10 heteroatoms. The van der Waals surface area contributed by atoms with E-state index in [-0.39, 0.29) is 35.0 Å². The lowest BCUT2D eigenvalue weighted by atomic mass is 9.93. The van der Waals surface area contributed by atoms with Gasteiger partial charge in [-0.15, -0.1) is 0 Å². The molecule has 1 saturated carbocycles. The number of aliphatic imine (C=N–C) groups is 1. The maximum Gasteiger partial charge on any atom is 0.252 e. The van der Waals surface area contributed by atoms with Gasteiger partial charge in [-0.1, -0.05) is 18.2 Å². The molecule has 2 atom stereocenters. The van der Waals surface area contributed by atoms with E-state index < -0.39 is 10.0 Å². The maximum absolute atomic E-state index is 12.6. The molecular formula is C20H26N6O3S. The van der Waals surface area contributed by atoms with Crippen molar-refractivity contribution in [3.05, 3.63) is 41.5 Å². The number of hydrazone groups is 1. The molecule has 2 heterocycles. The Balaban J connectivity index is 1.32. The standard InChI is InChI=1S/C20H26N6O3S/c21-16-3-5-17(6-4-16)26-30(28,29)18-7-1-13(2-8-18)10-23-20(27)15-9-14-12-24-25-19(14)22-11-15/h1-2,7-9,11-12,14,16-17,19,25-26H,3-6,10,21H2,(H,23,27)/t14?,16-,17-,19?. The molecule has 4 rings (SSSR count). The van der Waals surface area contributed by atoms with E-state index in [0.717, 1.165) is 31.2 Å². The summed E-state index contributed by atoms with van der Waals surface area (Å²) >= 11 is 0. The first-order valence-corrected chi connectivity index (χ1v) is 11.6. The monoisotopic (exact) mass is 430 g/mol. The quantitative estimate of drug-likeness (QED) is 0.517. The molecule has 9 nitrogen and oxygen atoms in total. The van der Waals surface area contributed by atoms with E-state index in [1.54, 1.807) is 30.5 Å². The first-order chi connectivity index (χ1) is 14.4. The summed E-state index contributed by atoms with van der Waals surface area (Å²) in [6.45, 7) is 0.290. The number of carbonyl (C=O) groups excluding carboxylic acids is 1. The van der Waals surface area contributed by atoms with Crippen LogP contribution in [0.3, 0.4) is 0 Å². The average Bonchev–Trinajstić information content (AvgIpc) is 3.22. The number of sulfonamides is 1. The second-order valence-electron chi connectivity index (χ2n) is 7.89. The molecule has 1 aromatic rings. The van der Waals surface area contributed by atoms with Crippen molar-refractivity contribution in [2.24, 2.45) is 21.7 Å². The van der Waals surface area contributed by atoms with Gasteiger partial charge < -0.3 is 11.1 Å². The lowest BCUT2D eigenvalue weighted by Gasteiger charge is -2.26. The van der Waals surface area contributed by atoms with Gasteiger partial charge in [-0.05, 0) is 43.4 Å². The fourth-order valence-corrected chi connectivity index (χ4v) is 5.09. The molecule has 0 aromatic heterocycles. The van der Waals surface area contributed by atoms with Gasteiger partial charge in [0, 0.05) is 31.1 Å². The zero-order valence-electron chi connectivity index (χ0n) is 16.5. The van der Waals surface area contributed by atoms with Gasteiger partial charge in [0.25, 0.3) is 5.91 Å². The highest BCUT2D eigenvalue weighted by molar-refractivity contribution is 7.89. The van der Waals surface area contributed by atoms with E-state index in [1.165, 1.54) is 6.21 Å². The molecule has 1 aromatic carbocycles. The number of rotatable bonds is 6. The lowest BCUT2D eigenvalue weighted by Crippen LogP contribution is -2.40. The Labute approximate surface area is 176 Å². The van der Waals surface area contributed by atoms with Gasteiger partial charge in [0.05, 0.1) is 16.4 Å². The SMILES string of the molecule is N[C@H]1CC[C@H](NS(=O)(=O)c2ccc(CNC(=O)C3=CC4C=NNC4N=C3)cc2)CC1. The molecule has 2 aliphatic heterocycles. The highest BCUT2D eigenvalue weighted by atomic mass is 32.2. The van der Waals surface area contributed by atoms with E-state index in [0.29, 0.717) is 12.1 Å². The van der Waals surface area contributed by atoms with Gasteiger partial charge in [-0.2, -0.15) is 5.10 Å². The van der Waals surface area contributed by atoms with Gasteiger partial charge in [-0.3, -0.25) is 15.2 Å². The number of amides is 1. The van der Waals surface area contributed by atoms with Gasteiger partial charge >= 0.3 is 0 Å². The van der Waals surface area contributed by atoms with Crippen molar-refractivity contribution in [1.29, 1.82) is 0 Å². The number of nitrogens with two attached hydrogens (primary N) is 1. The fraction of sp³-hybridized carbons (Fsp3) is 0.450. The van der Waals surface area contributed by atoms with E-state index in [2.05, 4.69) is 25.6 Å². The number of dihydropyridines is 1. The van der Waals surface area contributed by atoms with Crippen LogP contribution in [-0.4, -0.2) is 45.0 Å². The van der Waals surface area contributed by atoms with Crippen molar-refractivity contribution in [2.45, 2.75) is 55.4 Å². The topological polar surface area (TPSA) is 138 Å². The second-order valence-corrected chi connectivity index (χ2v) is 9.60. The van der Waals surface area contributed by atoms with Crippen molar-refractivity contribution in [3.8, 4) is 0 Å². The molecule has 1 fully saturated rings. The van der Waals surface area contributed by atoms with Crippen LogP contribution in [0.1, 0.15) is 31.2 Å². The van der Waals surface area contributed by atoms with Crippen LogP contribution in [0, 0.1) is 5.92 Å². The van der Waals surface area contributed by atoms with Gasteiger partial charge in [0.2, 0.25) is 10.0 Å². The van der Waals surface area contributed by atoms with Crippen LogP contribution in [0.4, 0.5) is 0 Å². The zero-order valence-corrected chi connectivity index (χ0v) is 17.3. The fourth-order valence-electron chi connectivity index (χ4n) is 3.78. The predicted molar refractivity (Wildman–Crippen MR) is 114 cm³/mol. The summed E-state index contributed by atoms with van der Waals surface area (Å²) < 4.78 is 28.0. The summed E-state index contributed by atoms with van der Waals surface area (Å²) in [5.41, 5.74) is 10.0. The van der Waals surface area contributed by atoms with Crippen molar-refractivity contribution in [2.75, 3.05) is 0 Å². The number of fused-ring (bicyclic) bond motifs is 1. The lowest BCUT2D eigenvalue weighted by molar-refractivity contribution is -0.117. The number of nitrogens with one attached hydrogen (secondary N) is 3. The molecule has 2 unspecified atom stereocenters. The highest BCUT2D eigenvalue weighted by Crippen LogP contribution is 2.20. The Hall–Kier alpha value is -2.56. The van der Waals surface area contributed by atoms with Gasteiger partial charge in [0.15, 0.2) is 0 Å². The van der Waals surface area contributed by atoms with E-state index in [4.69, 9.17) is 5.73 Å². The summed E-state index contributed by atoms with van der Waals surface area (Å²) in [4.78, 5) is 16.9. The number of carbonyl (C=O) groups is 1. The first-order valence-electron chi connectivity index (χ1n) is 10.1. The number of benzene rings is 1. The van der Waals surface area contributed by atoms with Gasteiger partial charge in [0.1, 0.15) is 6.17 Å². The van der Waals surface area contributed by atoms with Crippen LogP contribution in [0.5, 0.6) is 0 Å². The maximum atomic E-state index is 12.6. The van der Waals surface area contributed by atoms with Crippen molar-refractivity contribution in [3.63, 3.8) is 0 Å². The minimum Gasteiger partial charge on any atom is -0.348 e. The molecule has 30 heavy (non-hydrogen) atoms. The van der Waals surface area contributed by atoms with E-state index in [9.17, 15) is 13.2 Å². The molecular weight excluding hydrogens is 404 g/mol. The minimum absolute atomic E-state index is 0.0207. The van der Waals surface area contributed by atoms with Crippen molar-refractivity contribution in [1.82, 2.24) is 15.5 Å². The summed E-state index contributed by atoms with van der Waals surface area (Å²) in [5.74, 6) is -0.251. The highest BCUT2D eigenvalue weighted by Gasteiger charge is 2.26. The van der Waals surface area contributed by atoms with E-state index in [1.807, 2.05) is 6.08 Å². The summed E-state index contributed by atoms with van der Waals surface area (Å²) in [7, 11) is -3.57. The zero-order chi connectivity index (χ0) is 21.1. The van der Waals surface area contributed by atoms with Crippen LogP contribution >= 0.6 is 0 Å². The number of hydrogen-bond donors (Lipinski definition) is 4. The minimum atomic E-state index is -3.57. The molecule has 0 radical (unpaired) electrons. The van der Waals surface area contributed by atoms with E-state index >= 15 is 0 Å². The first kappa shape index (κ1) is 20.7. The average molecular weight is 431 g/mol. The second kappa shape index (κ2) is 8.66. The third kappa shape index (κ3) is 4.77. The largest absolute Gasteiger partial charge is 0.348 e. The Morgan fingerprint density at radius 1 is 1.17 bits per heavy atom. The molecule has 160 valence electrons. The molecule has 0 spiro atoms. The number of hydrogen-bond acceptors (Lipinski definition) is 7. The van der Waals surface area contributed by atoms with Crippen LogP contribution in [0.15, 0.2) is 50.9 Å². The van der Waals surface area contributed by atoms with Crippen molar-refractivity contribution < 1.29 is 13.2 Å². The molecule has 1 aliphatic carbocycles. The van der Waals surface area contributed by atoms with Crippen LogP contribution in [0.2, 0.25) is 0 Å². The summed E-state index contributed by atoms with van der Waals surface area (Å²) in [6.07, 6.45) is 8.14.